The molecule has 1 aliphatic carbocycles. The minimum absolute atomic E-state index is 0.149. The second-order valence-corrected chi connectivity index (χ2v) is 4.66. The van der Waals surface area contributed by atoms with Crippen LogP contribution in [0.5, 0.6) is 0 Å². The summed E-state index contributed by atoms with van der Waals surface area (Å²) >= 11 is 0. The van der Waals surface area contributed by atoms with Gasteiger partial charge in [-0.25, -0.2) is 0 Å². The number of primary amides is 1. The third kappa shape index (κ3) is 3.47. The van der Waals surface area contributed by atoms with E-state index in [1.807, 2.05) is 14.0 Å². The molecule has 0 aromatic carbocycles. The van der Waals surface area contributed by atoms with Crippen molar-refractivity contribution in [1.82, 2.24) is 4.90 Å². The molecule has 88 valence electrons. The Bertz CT molecular complexity index is 221. The van der Waals surface area contributed by atoms with Gasteiger partial charge in [-0.3, -0.25) is 4.79 Å². The van der Waals surface area contributed by atoms with Gasteiger partial charge in [-0.05, 0) is 19.9 Å². The minimum Gasteiger partial charge on any atom is -0.391 e. The molecule has 3 unspecified atom stereocenters. The van der Waals surface area contributed by atoms with Crippen LogP contribution < -0.4 is 5.73 Å². The van der Waals surface area contributed by atoms with E-state index in [-0.39, 0.29) is 24.0 Å². The van der Waals surface area contributed by atoms with Gasteiger partial charge in [0.25, 0.3) is 0 Å². The lowest BCUT2D eigenvalue weighted by atomic mass is 9.91. The Morgan fingerprint density at radius 1 is 1.53 bits per heavy atom. The molecule has 0 aliphatic heterocycles. The summed E-state index contributed by atoms with van der Waals surface area (Å²) in [5, 5.41) is 9.83. The summed E-state index contributed by atoms with van der Waals surface area (Å²) in [6.45, 7) is 2.46. The van der Waals surface area contributed by atoms with Gasteiger partial charge in [-0.15, -0.1) is 0 Å². The summed E-state index contributed by atoms with van der Waals surface area (Å²) in [7, 11) is 1.96. The molecule has 0 radical (unpaired) electrons. The predicted octanol–water partition coefficient (Wildman–Crippen LogP) is 0.343. The molecule has 4 nitrogen and oxygen atoms in total. The Morgan fingerprint density at radius 3 is 2.67 bits per heavy atom. The van der Waals surface area contributed by atoms with Gasteiger partial charge < -0.3 is 15.7 Å². The molecule has 3 N–H and O–H groups in total. The van der Waals surface area contributed by atoms with Gasteiger partial charge in [0.1, 0.15) is 0 Å². The van der Waals surface area contributed by atoms with Crippen molar-refractivity contribution in [2.24, 2.45) is 11.7 Å². The number of hydrogen-bond donors (Lipinski definition) is 2. The summed E-state index contributed by atoms with van der Waals surface area (Å²) in [5.74, 6) is -0.420. The molecule has 1 saturated carbocycles. The monoisotopic (exact) mass is 214 g/mol. The highest BCUT2D eigenvalue weighted by Gasteiger charge is 2.27. The highest BCUT2D eigenvalue weighted by molar-refractivity contribution is 5.76. The fraction of sp³-hybridized carbons (Fsp3) is 0.909. The molecule has 1 fully saturated rings. The largest absolute Gasteiger partial charge is 0.391 e. The van der Waals surface area contributed by atoms with E-state index in [2.05, 4.69) is 4.90 Å². The fourth-order valence-corrected chi connectivity index (χ4v) is 2.26. The number of nitrogens with two attached hydrogens (primary N) is 1. The first-order chi connectivity index (χ1) is 7.02. The van der Waals surface area contributed by atoms with Crippen LogP contribution in [0.2, 0.25) is 0 Å². The Hall–Kier alpha value is -0.610. The zero-order valence-electron chi connectivity index (χ0n) is 9.65. The van der Waals surface area contributed by atoms with Crippen LogP contribution in [0, 0.1) is 5.92 Å². The van der Waals surface area contributed by atoms with Gasteiger partial charge >= 0.3 is 0 Å². The lowest BCUT2D eigenvalue weighted by Crippen LogP contribution is -2.46. The molecule has 0 bridgehead atoms. The maximum absolute atomic E-state index is 10.9. The smallest absolute Gasteiger partial charge is 0.221 e. The van der Waals surface area contributed by atoms with Crippen molar-refractivity contribution in [3.8, 4) is 0 Å². The van der Waals surface area contributed by atoms with Crippen molar-refractivity contribution in [2.75, 3.05) is 13.6 Å². The lowest BCUT2D eigenvalue weighted by molar-refractivity contribution is -0.122. The molecule has 4 heteroatoms. The molecule has 1 rings (SSSR count). The van der Waals surface area contributed by atoms with Crippen molar-refractivity contribution in [3.63, 3.8) is 0 Å². The number of rotatable bonds is 4. The topological polar surface area (TPSA) is 66.6 Å². The first-order valence-electron chi connectivity index (χ1n) is 5.70. The van der Waals surface area contributed by atoms with Crippen LogP contribution in [0.4, 0.5) is 0 Å². The average molecular weight is 214 g/mol. The quantitative estimate of drug-likeness (QED) is 0.709. The van der Waals surface area contributed by atoms with Gasteiger partial charge in [0.2, 0.25) is 5.91 Å². The third-order valence-corrected chi connectivity index (χ3v) is 3.31. The second kappa shape index (κ2) is 5.47. The first-order valence-corrected chi connectivity index (χ1v) is 5.70. The zero-order valence-corrected chi connectivity index (χ0v) is 9.65. The zero-order chi connectivity index (χ0) is 11.4. The van der Waals surface area contributed by atoms with Crippen LogP contribution in [-0.4, -0.2) is 41.7 Å². The van der Waals surface area contributed by atoms with E-state index in [0.29, 0.717) is 6.54 Å². The van der Waals surface area contributed by atoms with Crippen LogP contribution in [0.1, 0.15) is 32.6 Å². The molecule has 0 heterocycles. The van der Waals surface area contributed by atoms with Crippen LogP contribution in [-0.2, 0) is 4.79 Å². The van der Waals surface area contributed by atoms with Crippen LogP contribution >= 0.6 is 0 Å². The number of aliphatic hydroxyl groups is 1. The van der Waals surface area contributed by atoms with Gasteiger partial charge in [0.15, 0.2) is 0 Å². The van der Waals surface area contributed by atoms with Crippen LogP contribution in [0.25, 0.3) is 0 Å². The molecular formula is C11H22N2O2. The van der Waals surface area contributed by atoms with E-state index in [1.165, 1.54) is 0 Å². The number of aliphatic hydroxyl groups excluding tert-OH is 1. The van der Waals surface area contributed by atoms with E-state index in [1.54, 1.807) is 0 Å². The van der Waals surface area contributed by atoms with Crippen molar-refractivity contribution >= 4 is 5.91 Å². The number of carbonyl (C=O) groups excluding carboxylic acids is 1. The Morgan fingerprint density at radius 2 is 2.13 bits per heavy atom. The van der Waals surface area contributed by atoms with Gasteiger partial charge in [0, 0.05) is 18.5 Å². The normalized spacial score (nSPS) is 29.1. The van der Waals surface area contributed by atoms with Crippen molar-refractivity contribution in [2.45, 2.75) is 44.8 Å². The molecule has 15 heavy (non-hydrogen) atoms. The van der Waals surface area contributed by atoms with Gasteiger partial charge in [-0.2, -0.15) is 0 Å². The van der Waals surface area contributed by atoms with Crippen molar-refractivity contribution in [3.05, 3.63) is 0 Å². The van der Waals surface area contributed by atoms with Crippen molar-refractivity contribution < 1.29 is 9.90 Å². The predicted molar refractivity (Wildman–Crippen MR) is 59.3 cm³/mol. The van der Waals surface area contributed by atoms with E-state index in [0.717, 1.165) is 25.7 Å². The number of hydrogen-bond acceptors (Lipinski definition) is 3. The van der Waals surface area contributed by atoms with Crippen LogP contribution in [0.3, 0.4) is 0 Å². The molecule has 1 aliphatic rings. The highest BCUT2D eigenvalue weighted by Crippen LogP contribution is 2.22. The summed E-state index contributed by atoms with van der Waals surface area (Å²) in [4.78, 5) is 13.0. The molecule has 0 aromatic rings. The molecule has 3 atom stereocenters. The van der Waals surface area contributed by atoms with E-state index in [9.17, 15) is 9.90 Å². The van der Waals surface area contributed by atoms with Crippen LogP contribution in [0.15, 0.2) is 0 Å². The first kappa shape index (κ1) is 12.5. The van der Waals surface area contributed by atoms with Gasteiger partial charge in [0.05, 0.1) is 6.10 Å². The Kier molecular flexibility index (Phi) is 4.54. The Labute approximate surface area is 91.4 Å². The maximum Gasteiger partial charge on any atom is 0.221 e. The summed E-state index contributed by atoms with van der Waals surface area (Å²) in [6, 6.07) is 0.195. The van der Waals surface area contributed by atoms with Crippen molar-refractivity contribution in [1.29, 1.82) is 0 Å². The lowest BCUT2D eigenvalue weighted by Gasteiger charge is -2.36. The average Bonchev–Trinajstić information content (AvgIpc) is 2.18. The number of carbonyl (C=O) groups is 1. The highest BCUT2D eigenvalue weighted by atomic mass is 16.3. The van der Waals surface area contributed by atoms with E-state index < -0.39 is 0 Å². The molecule has 0 saturated heterocycles. The molecular weight excluding hydrogens is 192 g/mol. The number of nitrogens with zero attached hydrogens (tertiary/aromatic N) is 1. The maximum atomic E-state index is 10.9. The third-order valence-electron chi connectivity index (χ3n) is 3.31. The van der Waals surface area contributed by atoms with Gasteiger partial charge in [-0.1, -0.05) is 19.8 Å². The summed E-state index contributed by atoms with van der Waals surface area (Å²) in [5.41, 5.74) is 5.22. The molecule has 0 aromatic heterocycles. The molecule has 1 amide bonds. The van der Waals surface area contributed by atoms with E-state index in [4.69, 9.17) is 5.73 Å². The standard InChI is InChI=1S/C11H22N2O2/c1-8(11(12)15)7-13(2)9-5-3-4-6-10(9)14/h8-10,14H,3-7H2,1-2H3,(H2,12,15). The van der Waals surface area contributed by atoms with E-state index >= 15 is 0 Å². The summed E-state index contributed by atoms with van der Waals surface area (Å²) in [6.07, 6.45) is 3.92. The number of likely N-dealkylation sites (N-methyl/N-ethyl adjacent to an activating group) is 1. The SMILES string of the molecule is CC(CN(C)C1CCCCC1O)C(N)=O. The minimum atomic E-state index is -0.271. The summed E-state index contributed by atoms with van der Waals surface area (Å²) < 4.78 is 0. The second-order valence-electron chi connectivity index (χ2n) is 4.66. The number of amides is 1. The molecule has 0 spiro atoms. The fourth-order valence-electron chi connectivity index (χ4n) is 2.26. The Balaban J connectivity index is 2.44.